The summed E-state index contributed by atoms with van der Waals surface area (Å²) < 4.78 is 5.23. The lowest BCUT2D eigenvalue weighted by atomic mass is 9.98. The molecule has 1 heterocycles. The van der Waals surface area contributed by atoms with Gasteiger partial charge < -0.3 is 15.0 Å². The van der Waals surface area contributed by atoms with E-state index in [2.05, 4.69) is 41.2 Å². The Morgan fingerprint density at radius 1 is 1.36 bits per heavy atom. The maximum Gasteiger partial charge on any atom is 0.193 e. The molecule has 1 aromatic carbocycles. The minimum Gasteiger partial charge on any atom is -0.497 e. The molecule has 0 aromatic heterocycles. The van der Waals surface area contributed by atoms with E-state index in [4.69, 9.17) is 4.74 Å². The molecule has 2 rings (SSSR count). The fourth-order valence-electron chi connectivity index (χ4n) is 2.91. The number of rotatable bonds is 5. The minimum atomic E-state index is 0.578. The number of hydrogen-bond donors (Lipinski definition) is 1. The van der Waals surface area contributed by atoms with Crippen molar-refractivity contribution >= 4 is 5.96 Å². The quantitative estimate of drug-likeness (QED) is 0.671. The molecule has 122 valence electrons. The molecule has 0 saturated carbocycles. The molecule has 1 aliphatic heterocycles. The summed E-state index contributed by atoms with van der Waals surface area (Å²) in [4.78, 5) is 6.80. The van der Waals surface area contributed by atoms with Crippen molar-refractivity contribution in [2.24, 2.45) is 10.9 Å². The van der Waals surface area contributed by atoms with Crippen molar-refractivity contribution < 1.29 is 4.74 Å². The lowest BCUT2D eigenvalue weighted by Gasteiger charge is -2.22. The predicted octanol–water partition coefficient (Wildman–Crippen LogP) is 3.11. The summed E-state index contributed by atoms with van der Waals surface area (Å²) in [5, 5.41) is 3.49. The standard InChI is InChI=1S/C18H29N3O/c1-14(2)9-11-20-18(19-3)21-12-10-16(13-21)15-5-7-17(22-4)8-6-15/h5-8,14,16H,9-13H2,1-4H3,(H,19,20). The number of aliphatic imine (C=N–C) groups is 1. The fourth-order valence-corrected chi connectivity index (χ4v) is 2.91. The first kappa shape index (κ1) is 16.7. The van der Waals surface area contributed by atoms with Crippen LogP contribution >= 0.6 is 0 Å². The van der Waals surface area contributed by atoms with E-state index in [1.807, 2.05) is 19.2 Å². The van der Waals surface area contributed by atoms with E-state index >= 15 is 0 Å². The average Bonchev–Trinajstić information content (AvgIpc) is 3.01. The Morgan fingerprint density at radius 3 is 2.68 bits per heavy atom. The predicted molar refractivity (Wildman–Crippen MR) is 92.7 cm³/mol. The van der Waals surface area contributed by atoms with E-state index in [-0.39, 0.29) is 0 Å². The van der Waals surface area contributed by atoms with Crippen molar-refractivity contribution in [3.63, 3.8) is 0 Å². The molecular formula is C18H29N3O. The van der Waals surface area contributed by atoms with Crippen LogP contribution in [0.5, 0.6) is 5.75 Å². The summed E-state index contributed by atoms with van der Waals surface area (Å²) in [6, 6.07) is 8.46. The Bertz CT molecular complexity index is 482. The third kappa shape index (κ3) is 4.39. The number of ether oxygens (including phenoxy) is 1. The van der Waals surface area contributed by atoms with Gasteiger partial charge in [-0.1, -0.05) is 26.0 Å². The Balaban J connectivity index is 1.90. The molecule has 1 unspecified atom stereocenters. The summed E-state index contributed by atoms with van der Waals surface area (Å²) in [7, 11) is 3.58. The Kier molecular flexibility index (Phi) is 6.10. The number of nitrogens with zero attached hydrogens (tertiary/aromatic N) is 2. The van der Waals surface area contributed by atoms with Gasteiger partial charge >= 0.3 is 0 Å². The van der Waals surface area contributed by atoms with Crippen LogP contribution in [0.15, 0.2) is 29.3 Å². The first-order chi connectivity index (χ1) is 10.6. The molecule has 1 fully saturated rings. The van der Waals surface area contributed by atoms with Gasteiger partial charge in [-0.05, 0) is 36.5 Å². The molecule has 4 heteroatoms. The lowest BCUT2D eigenvalue weighted by molar-refractivity contribution is 0.414. The first-order valence-electron chi connectivity index (χ1n) is 8.23. The van der Waals surface area contributed by atoms with E-state index in [0.717, 1.165) is 37.3 Å². The van der Waals surface area contributed by atoms with E-state index in [9.17, 15) is 0 Å². The normalized spacial score (nSPS) is 18.9. The van der Waals surface area contributed by atoms with Gasteiger partial charge in [0, 0.05) is 32.6 Å². The van der Waals surface area contributed by atoms with Crippen molar-refractivity contribution in [2.45, 2.75) is 32.6 Å². The molecule has 1 saturated heterocycles. The molecule has 0 aliphatic carbocycles. The van der Waals surface area contributed by atoms with Crippen LogP contribution in [-0.2, 0) is 0 Å². The van der Waals surface area contributed by atoms with Gasteiger partial charge in [0.1, 0.15) is 5.75 Å². The van der Waals surface area contributed by atoms with Crippen LogP contribution in [0.2, 0.25) is 0 Å². The zero-order valence-electron chi connectivity index (χ0n) is 14.3. The van der Waals surface area contributed by atoms with Crippen LogP contribution in [0.25, 0.3) is 0 Å². The summed E-state index contributed by atoms with van der Waals surface area (Å²) >= 11 is 0. The van der Waals surface area contributed by atoms with Crippen molar-refractivity contribution in [2.75, 3.05) is 33.8 Å². The van der Waals surface area contributed by atoms with E-state index in [1.165, 1.54) is 18.4 Å². The maximum atomic E-state index is 5.23. The van der Waals surface area contributed by atoms with Gasteiger partial charge in [-0.2, -0.15) is 0 Å². The Morgan fingerprint density at radius 2 is 2.09 bits per heavy atom. The number of methoxy groups -OCH3 is 1. The third-order valence-corrected chi connectivity index (χ3v) is 4.29. The molecule has 0 amide bonds. The van der Waals surface area contributed by atoms with Gasteiger partial charge in [0.25, 0.3) is 0 Å². The molecular weight excluding hydrogens is 274 g/mol. The topological polar surface area (TPSA) is 36.9 Å². The second-order valence-electron chi connectivity index (χ2n) is 6.36. The second kappa shape index (κ2) is 8.06. The third-order valence-electron chi connectivity index (χ3n) is 4.29. The number of hydrogen-bond acceptors (Lipinski definition) is 2. The maximum absolute atomic E-state index is 5.23. The highest BCUT2D eigenvalue weighted by Gasteiger charge is 2.25. The van der Waals surface area contributed by atoms with Gasteiger partial charge in [-0.25, -0.2) is 0 Å². The highest BCUT2D eigenvalue weighted by Crippen LogP contribution is 2.28. The molecule has 1 N–H and O–H groups in total. The van der Waals surface area contributed by atoms with Crippen molar-refractivity contribution in [1.29, 1.82) is 0 Å². The summed E-state index contributed by atoms with van der Waals surface area (Å²) in [6.07, 6.45) is 2.35. The zero-order chi connectivity index (χ0) is 15.9. The van der Waals surface area contributed by atoms with Crippen LogP contribution in [0.4, 0.5) is 0 Å². The summed E-state index contributed by atoms with van der Waals surface area (Å²) in [5.74, 6) is 3.26. The van der Waals surface area contributed by atoms with Crippen LogP contribution in [0.3, 0.4) is 0 Å². The fraction of sp³-hybridized carbons (Fsp3) is 0.611. The molecule has 0 spiro atoms. The van der Waals surface area contributed by atoms with Crippen LogP contribution in [0, 0.1) is 5.92 Å². The molecule has 4 nitrogen and oxygen atoms in total. The number of nitrogens with one attached hydrogen (secondary N) is 1. The van der Waals surface area contributed by atoms with Crippen LogP contribution in [0.1, 0.15) is 38.2 Å². The minimum absolute atomic E-state index is 0.578. The zero-order valence-corrected chi connectivity index (χ0v) is 14.3. The smallest absolute Gasteiger partial charge is 0.193 e. The van der Waals surface area contributed by atoms with Crippen molar-refractivity contribution in [3.8, 4) is 5.75 Å². The SMILES string of the molecule is CN=C(NCCC(C)C)N1CCC(c2ccc(OC)cc2)C1. The monoisotopic (exact) mass is 303 g/mol. The average molecular weight is 303 g/mol. The number of likely N-dealkylation sites (tertiary alicyclic amines) is 1. The Labute approximate surface area is 134 Å². The van der Waals surface area contributed by atoms with Gasteiger partial charge in [0.2, 0.25) is 0 Å². The van der Waals surface area contributed by atoms with Crippen LogP contribution < -0.4 is 10.1 Å². The van der Waals surface area contributed by atoms with Crippen molar-refractivity contribution in [1.82, 2.24) is 10.2 Å². The number of benzene rings is 1. The van der Waals surface area contributed by atoms with Gasteiger partial charge in [0.05, 0.1) is 7.11 Å². The first-order valence-corrected chi connectivity index (χ1v) is 8.23. The molecule has 1 atom stereocenters. The summed E-state index contributed by atoms with van der Waals surface area (Å²) in [5.41, 5.74) is 1.39. The Hall–Kier alpha value is -1.71. The molecule has 0 radical (unpaired) electrons. The molecule has 1 aromatic rings. The summed E-state index contributed by atoms with van der Waals surface area (Å²) in [6.45, 7) is 7.60. The van der Waals surface area contributed by atoms with Gasteiger partial charge in [-0.3, -0.25) is 4.99 Å². The largest absolute Gasteiger partial charge is 0.497 e. The second-order valence-corrected chi connectivity index (χ2v) is 6.36. The van der Waals surface area contributed by atoms with E-state index < -0.39 is 0 Å². The van der Waals surface area contributed by atoms with Gasteiger partial charge in [0.15, 0.2) is 5.96 Å². The van der Waals surface area contributed by atoms with Crippen molar-refractivity contribution in [3.05, 3.63) is 29.8 Å². The van der Waals surface area contributed by atoms with Gasteiger partial charge in [-0.15, -0.1) is 0 Å². The van der Waals surface area contributed by atoms with E-state index in [0.29, 0.717) is 5.92 Å². The molecule has 0 bridgehead atoms. The number of guanidine groups is 1. The highest BCUT2D eigenvalue weighted by molar-refractivity contribution is 5.80. The molecule has 22 heavy (non-hydrogen) atoms. The van der Waals surface area contributed by atoms with E-state index in [1.54, 1.807) is 7.11 Å². The lowest BCUT2D eigenvalue weighted by Crippen LogP contribution is -2.40. The molecule has 1 aliphatic rings. The van der Waals surface area contributed by atoms with Crippen LogP contribution in [-0.4, -0.2) is 44.7 Å². The highest BCUT2D eigenvalue weighted by atomic mass is 16.5.